The van der Waals surface area contributed by atoms with Gasteiger partial charge in [-0.3, -0.25) is 9.59 Å². The van der Waals surface area contributed by atoms with Crippen LogP contribution < -0.4 is 4.90 Å². The number of hydrogen-bond acceptors (Lipinski definition) is 3. The monoisotopic (exact) mass is 470 g/mol. The fourth-order valence-electron chi connectivity index (χ4n) is 4.46. The molecule has 1 aliphatic rings. The van der Waals surface area contributed by atoms with Crippen molar-refractivity contribution in [3.05, 3.63) is 119 Å². The molecule has 1 aliphatic heterocycles. The highest BCUT2D eigenvalue weighted by Crippen LogP contribution is 2.44. The van der Waals surface area contributed by atoms with Crippen LogP contribution in [0.1, 0.15) is 27.9 Å². The zero-order valence-corrected chi connectivity index (χ0v) is 19.2. The predicted octanol–water partition coefficient (Wildman–Crippen LogP) is 5.18. The third-order valence-electron chi connectivity index (χ3n) is 6.27. The molecule has 1 amide bonds. The minimum Gasteiger partial charge on any atom is -0.375 e. The number of Topliss-reactive ketones (excluding diaryl/α,β-unsaturated/α-hetero) is 1. The Morgan fingerprint density at radius 3 is 2.32 bits per heavy atom. The molecule has 1 unspecified atom stereocenters. The molecule has 0 fully saturated rings. The Labute approximate surface area is 202 Å². The van der Waals surface area contributed by atoms with Crippen LogP contribution in [0, 0.1) is 0 Å². The quantitative estimate of drug-likeness (QED) is 0.378. The summed E-state index contributed by atoms with van der Waals surface area (Å²) in [6.07, 6.45) is 4.10. The number of carbonyl (C=O) groups is 2. The molecule has 0 saturated carbocycles. The van der Waals surface area contributed by atoms with Gasteiger partial charge in [0, 0.05) is 40.8 Å². The molecule has 4 aromatic rings. The molecule has 5 nitrogen and oxygen atoms in total. The summed E-state index contributed by atoms with van der Waals surface area (Å²) < 4.78 is 1.94. The van der Waals surface area contributed by atoms with E-state index in [0.29, 0.717) is 34.8 Å². The van der Waals surface area contributed by atoms with Crippen LogP contribution in [0.2, 0.25) is 5.02 Å². The minimum absolute atomic E-state index is 0.314. The van der Waals surface area contributed by atoms with Gasteiger partial charge >= 0.3 is 0 Å². The molecule has 3 aromatic carbocycles. The first-order chi connectivity index (χ1) is 16.5. The summed E-state index contributed by atoms with van der Waals surface area (Å²) in [6.45, 7) is 0.388. The molecule has 0 radical (unpaired) electrons. The molecular weight excluding hydrogens is 448 g/mol. The van der Waals surface area contributed by atoms with Crippen molar-refractivity contribution in [1.29, 1.82) is 0 Å². The van der Waals surface area contributed by atoms with E-state index in [4.69, 9.17) is 11.6 Å². The molecule has 1 aromatic heterocycles. The van der Waals surface area contributed by atoms with Crippen LogP contribution in [0.3, 0.4) is 0 Å². The number of anilines is 1. The van der Waals surface area contributed by atoms with Crippen molar-refractivity contribution in [2.24, 2.45) is 0 Å². The second kappa shape index (κ2) is 8.93. The lowest BCUT2D eigenvalue weighted by atomic mass is 9.88. The molecule has 1 N–H and O–H groups in total. The van der Waals surface area contributed by atoms with Crippen molar-refractivity contribution in [3.8, 4) is 5.69 Å². The number of aromatic nitrogens is 1. The number of carbonyl (C=O) groups excluding carboxylic acids is 2. The van der Waals surface area contributed by atoms with Crippen LogP contribution >= 0.6 is 11.6 Å². The van der Waals surface area contributed by atoms with Crippen molar-refractivity contribution in [3.63, 3.8) is 0 Å². The molecule has 34 heavy (non-hydrogen) atoms. The van der Waals surface area contributed by atoms with E-state index in [-0.39, 0.29) is 12.2 Å². The van der Waals surface area contributed by atoms with Crippen LogP contribution in [0.25, 0.3) is 5.69 Å². The van der Waals surface area contributed by atoms with E-state index >= 15 is 0 Å². The third kappa shape index (κ3) is 4.04. The fourth-order valence-corrected chi connectivity index (χ4v) is 4.63. The largest absolute Gasteiger partial charge is 0.375 e. The second-order valence-corrected chi connectivity index (χ2v) is 8.89. The lowest BCUT2D eigenvalue weighted by Gasteiger charge is -2.23. The van der Waals surface area contributed by atoms with Gasteiger partial charge in [-0.15, -0.1) is 0 Å². The van der Waals surface area contributed by atoms with Crippen molar-refractivity contribution in [1.82, 2.24) is 4.57 Å². The molecule has 0 spiro atoms. The van der Waals surface area contributed by atoms with Crippen LogP contribution in [0.15, 0.2) is 97.3 Å². The van der Waals surface area contributed by atoms with E-state index in [1.165, 1.54) is 0 Å². The van der Waals surface area contributed by atoms with Gasteiger partial charge in [0.15, 0.2) is 11.4 Å². The molecule has 0 aliphatic carbocycles. The van der Waals surface area contributed by atoms with E-state index in [2.05, 4.69) is 0 Å². The number of halogens is 1. The van der Waals surface area contributed by atoms with E-state index < -0.39 is 11.5 Å². The first kappa shape index (κ1) is 22.1. The van der Waals surface area contributed by atoms with Gasteiger partial charge in [-0.05, 0) is 66.6 Å². The van der Waals surface area contributed by atoms with Crippen molar-refractivity contribution < 1.29 is 14.7 Å². The van der Waals surface area contributed by atoms with E-state index in [0.717, 1.165) is 11.3 Å². The molecule has 6 heteroatoms. The van der Waals surface area contributed by atoms with Gasteiger partial charge in [-0.2, -0.15) is 0 Å². The van der Waals surface area contributed by atoms with E-state index in [1.54, 1.807) is 35.2 Å². The standard InChI is InChI=1S/C28H23ClN2O3/c29-22-10-13-25-24(18-22)28(34,27(33)31(25)17-14-20-6-2-1-3-7-20)19-26(32)21-8-11-23(12-9-21)30-15-4-5-16-30/h1-13,15-16,18,34H,14,17,19H2. The zero-order chi connectivity index (χ0) is 23.7. The molecule has 2 heterocycles. The van der Waals surface area contributed by atoms with Gasteiger partial charge < -0.3 is 14.6 Å². The Bertz CT molecular complexity index is 1330. The molecular formula is C28H23ClN2O3. The van der Waals surface area contributed by atoms with Gasteiger partial charge in [-0.1, -0.05) is 41.9 Å². The Balaban J connectivity index is 1.40. The summed E-state index contributed by atoms with van der Waals surface area (Å²) in [5.41, 5.74) is 1.43. The highest BCUT2D eigenvalue weighted by atomic mass is 35.5. The first-order valence-electron chi connectivity index (χ1n) is 11.1. The lowest BCUT2D eigenvalue weighted by Crippen LogP contribution is -2.42. The van der Waals surface area contributed by atoms with Crippen molar-refractivity contribution in [2.75, 3.05) is 11.4 Å². The summed E-state index contributed by atoms with van der Waals surface area (Å²) in [4.78, 5) is 28.2. The molecule has 170 valence electrons. The Morgan fingerprint density at radius 2 is 1.62 bits per heavy atom. The molecule has 0 bridgehead atoms. The number of rotatable bonds is 7. The number of aliphatic hydroxyl groups is 1. The van der Waals surface area contributed by atoms with Crippen LogP contribution in [-0.4, -0.2) is 27.9 Å². The maximum Gasteiger partial charge on any atom is 0.264 e. The maximum absolute atomic E-state index is 13.5. The average Bonchev–Trinajstić information content (AvgIpc) is 3.46. The molecule has 1 atom stereocenters. The topological polar surface area (TPSA) is 62.5 Å². The first-order valence-corrected chi connectivity index (χ1v) is 11.5. The Hall–Kier alpha value is -3.67. The van der Waals surface area contributed by atoms with Gasteiger partial charge in [0.25, 0.3) is 5.91 Å². The van der Waals surface area contributed by atoms with Gasteiger partial charge in [0.2, 0.25) is 0 Å². The maximum atomic E-state index is 13.5. The number of benzene rings is 3. The van der Waals surface area contributed by atoms with Gasteiger partial charge in [-0.25, -0.2) is 0 Å². The molecule has 5 rings (SSSR count). The van der Waals surface area contributed by atoms with Gasteiger partial charge in [0.1, 0.15) is 0 Å². The summed E-state index contributed by atoms with van der Waals surface area (Å²) >= 11 is 6.21. The number of hydrogen-bond donors (Lipinski definition) is 1. The lowest BCUT2D eigenvalue weighted by molar-refractivity contribution is -0.135. The third-order valence-corrected chi connectivity index (χ3v) is 6.50. The SMILES string of the molecule is O=C(CC1(O)C(=O)N(CCc2ccccc2)c2ccc(Cl)cc21)c1ccc(-n2cccc2)cc1. The highest BCUT2D eigenvalue weighted by Gasteiger charge is 2.50. The smallest absolute Gasteiger partial charge is 0.264 e. The summed E-state index contributed by atoms with van der Waals surface area (Å²) in [7, 11) is 0. The Kier molecular flexibility index (Phi) is 5.82. The van der Waals surface area contributed by atoms with Crippen molar-refractivity contribution in [2.45, 2.75) is 18.4 Å². The fraction of sp³-hybridized carbons (Fsp3) is 0.143. The predicted molar refractivity (Wildman–Crippen MR) is 133 cm³/mol. The summed E-state index contributed by atoms with van der Waals surface area (Å²) in [5, 5.41) is 12.0. The average molecular weight is 471 g/mol. The van der Waals surface area contributed by atoms with Crippen LogP contribution in [-0.2, 0) is 16.8 Å². The van der Waals surface area contributed by atoms with Crippen molar-refractivity contribution >= 4 is 29.0 Å². The Morgan fingerprint density at radius 1 is 0.912 bits per heavy atom. The second-order valence-electron chi connectivity index (χ2n) is 8.45. The number of ketones is 1. The number of amides is 1. The van der Waals surface area contributed by atoms with Crippen LogP contribution in [0.4, 0.5) is 5.69 Å². The number of nitrogens with zero attached hydrogens (tertiary/aromatic N) is 2. The zero-order valence-electron chi connectivity index (χ0n) is 18.4. The minimum atomic E-state index is -1.97. The van der Waals surface area contributed by atoms with E-state index in [1.807, 2.05) is 71.6 Å². The summed E-state index contributed by atoms with van der Waals surface area (Å²) in [6, 6.07) is 25.8. The van der Waals surface area contributed by atoms with Crippen LogP contribution in [0.5, 0.6) is 0 Å². The number of fused-ring (bicyclic) bond motifs is 1. The summed E-state index contributed by atoms with van der Waals surface area (Å²) in [5.74, 6) is -0.816. The van der Waals surface area contributed by atoms with E-state index in [9.17, 15) is 14.7 Å². The normalized spacial score (nSPS) is 17.1. The van der Waals surface area contributed by atoms with Gasteiger partial charge in [0.05, 0.1) is 12.1 Å². The molecule has 0 saturated heterocycles. The highest BCUT2D eigenvalue weighted by molar-refractivity contribution is 6.31.